The molecule has 6 rings (SSSR count). The third-order valence-corrected chi connectivity index (χ3v) is 13.2. The number of carboxylic acids is 1. The fourth-order valence-electron chi connectivity index (χ4n) is 7.16. The minimum Gasteiger partial charge on any atom is -0.481 e. The van der Waals surface area contributed by atoms with Crippen LogP contribution in [-0.2, 0) is 41.8 Å². The summed E-state index contributed by atoms with van der Waals surface area (Å²) in [7, 11) is 3.95. The summed E-state index contributed by atoms with van der Waals surface area (Å²) in [5, 5.41) is 24.8. The van der Waals surface area contributed by atoms with Gasteiger partial charge in [0.2, 0.25) is 17.7 Å². The first-order valence-electron chi connectivity index (χ1n) is 21.6. The number of nitrogen functional groups attached to an aromatic ring is 1. The fraction of sp³-hybridized carbons (Fsp3) is 0.340. The van der Waals surface area contributed by atoms with Crippen LogP contribution >= 0.6 is 21.6 Å². The largest absolute Gasteiger partial charge is 0.508 e. The Morgan fingerprint density at radius 1 is 0.943 bits per heavy atom. The van der Waals surface area contributed by atoms with Gasteiger partial charge in [-0.15, -0.1) is 0 Å². The van der Waals surface area contributed by atoms with E-state index in [9.17, 15) is 47.9 Å². The van der Waals surface area contributed by atoms with E-state index < -0.39 is 72.5 Å². The Balaban J connectivity index is 0.852. The zero-order valence-electron chi connectivity index (χ0n) is 37.8. The number of carboxylic acid groups (broad SMARTS) is 1. The number of nitriles is 1. The summed E-state index contributed by atoms with van der Waals surface area (Å²) in [5.41, 5.74) is 11.5. The topological polar surface area (TPSA) is 279 Å². The van der Waals surface area contributed by atoms with E-state index in [2.05, 4.69) is 30.6 Å². The van der Waals surface area contributed by atoms with Crippen LogP contribution < -0.4 is 21.1 Å². The van der Waals surface area contributed by atoms with Gasteiger partial charge in [-0.1, -0.05) is 33.7 Å². The number of ether oxygens (including phenoxy) is 3. The lowest BCUT2D eigenvalue weighted by atomic mass is 9.98. The third kappa shape index (κ3) is 14.3. The van der Waals surface area contributed by atoms with E-state index in [0.29, 0.717) is 23.0 Å². The molecule has 5 aromatic rings. The minimum atomic E-state index is -3.21. The molecule has 1 aliphatic heterocycles. The number of ketones is 1. The van der Waals surface area contributed by atoms with Crippen molar-refractivity contribution in [1.29, 1.82) is 5.26 Å². The molecule has 5 heterocycles. The number of nitrogens with zero attached hydrogens (tertiary/aromatic N) is 6. The summed E-state index contributed by atoms with van der Waals surface area (Å²) in [5.74, 6) is -7.18. The Hall–Kier alpha value is -7.45. The standard InChI is InChI=1S/C47H47F2N9O10S2/c1-27(44(62)58-26-47(48,49)19-35(58)20-50)57-42(61)29-9-11-52-34(15-29)23-55-41(60)8-6-36(59)16-32(45(63)64)25-70-69-14-13-67-46(65)68-24-33-5-3-30(21-54-33)37-10-12-53-40-7-4-28(17-38(37)40)31-18-39(51)43(66-2)56-22-31/h3-5,7,9-12,15,17-18,21-22,27,32,35H,6,8,13-14,16,19,23-26,51H2,1-2H3,(H,55,60)(H,57,61)(H,63,64)/t27?,32?,35-/m0/s1. The number of nitrogens with two attached hydrogens (primary N) is 1. The maximum atomic E-state index is 13.8. The number of fused-ring (bicyclic) bond motifs is 1. The van der Waals surface area contributed by atoms with Crippen LogP contribution in [0.5, 0.6) is 5.88 Å². The quantitative estimate of drug-likeness (QED) is 0.0351. The number of hydrogen-bond donors (Lipinski definition) is 4. The van der Waals surface area contributed by atoms with Gasteiger partial charge in [0, 0.05) is 84.1 Å². The number of pyridine rings is 4. The molecule has 1 saturated heterocycles. The van der Waals surface area contributed by atoms with Gasteiger partial charge >= 0.3 is 12.1 Å². The summed E-state index contributed by atoms with van der Waals surface area (Å²) in [6.45, 7) is 0.111. The second kappa shape index (κ2) is 24.2. The summed E-state index contributed by atoms with van der Waals surface area (Å²) in [6, 6.07) is 15.0. The number of aliphatic carboxylic acids is 1. The average Bonchev–Trinajstić information content (AvgIpc) is 3.68. The van der Waals surface area contributed by atoms with Crippen LogP contribution in [0.25, 0.3) is 33.2 Å². The van der Waals surface area contributed by atoms with E-state index in [-0.39, 0.29) is 56.0 Å². The summed E-state index contributed by atoms with van der Waals surface area (Å²) >= 11 is 0. The van der Waals surface area contributed by atoms with Gasteiger partial charge in [0.15, 0.2) is 0 Å². The first-order chi connectivity index (χ1) is 33.5. The SMILES string of the molecule is COc1ncc(-c2ccc3nccc(-c4ccc(COC(=O)OCCSSCC(CC(=O)CCC(=O)NCc5cc(C(=O)NC(C)C(=O)N6CC(F)(F)C[C@H]6C#N)ccn5)C(=O)O)nc4)c3c2)cc1N. The van der Waals surface area contributed by atoms with Crippen molar-refractivity contribution in [3.8, 4) is 34.2 Å². The van der Waals surface area contributed by atoms with Crippen LogP contribution in [0.15, 0.2) is 79.4 Å². The molecule has 2 unspecified atom stereocenters. The van der Waals surface area contributed by atoms with E-state index >= 15 is 0 Å². The number of rotatable bonds is 22. The molecule has 0 bridgehead atoms. The number of likely N-dealkylation sites (tertiary alicyclic amines) is 1. The van der Waals surface area contributed by atoms with Gasteiger partial charge in [-0.25, -0.2) is 18.6 Å². The van der Waals surface area contributed by atoms with Crippen molar-refractivity contribution in [2.24, 2.45) is 5.92 Å². The first kappa shape index (κ1) is 51.9. The molecule has 3 atom stereocenters. The van der Waals surface area contributed by atoms with Crippen LogP contribution in [-0.4, -0.2) is 115 Å². The summed E-state index contributed by atoms with van der Waals surface area (Å²) < 4.78 is 43.2. The molecule has 19 nitrogen and oxygen atoms in total. The van der Waals surface area contributed by atoms with Gasteiger partial charge in [-0.05, 0) is 60.5 Å². The van der Waals surface area contributed by atoms with Gasteiger partial charge in [0.25, 0.3) is 11.8 Å². The molecule has 5 N–H and O–H groups in total. The number of Topliss-reactive ketones (excluding diaryl/α,β-unsaturated/α-hetero) is 1. The van der Waals surface area contributed by atoms with Gasteiger partial charge in [0.05, 0.1) is 54.8 Å². The van der Waals surface area contributed by atoms with Gasteiger partial charge in [0.1, 0.15) is 31.1 Å². The lowest BCUT2D eigenvalue weighted by Gasteiger charge is -2.23. The molecule has 0 radical (unpaired) electrons. The lowest BCUT2D eigenvalue weighted by molar-refractivity contribution is -0.142. The van der Waals surface area contributed by atoms with Crippen molar-refractivity contribution in [3.05, 3.63) is 96.3 Å². The van der Waals surface area contributed by atoms with Crippen LogP contribution in [0, 0.1) is 17.2 Å². The molecule has 0 aliphatic carbocycles. The average molecular weight is 1000 g/mol. The molecule has 1 fully saturated rings. The highest BCUT2D eigenvalue weighted by Gasteiger charge is 2.48. The van der Waals surface area contributed by atoms with Gasteiger partial charge < -0.3 is 40.6 Å². The van der Waals surface area contributed by atoms with Crippen molar-refractivity contribution in [2.45, 2.75) is 63.8 Å². The Morgan fingerprint density at radius 3 is 2.44 bits per heavy atom. The van der Waals surface area contributed by atoms with Crippen molar-refractivity contribution >= 4 is 73.8 Å². The molecule has 0 spiro atoms. The lowest BCUT2D eigenvalue weighted by Crippen LogP contribution is -2.48. The fourth-order valence-corrected chi connectivity index (χ4v) is 9.29. The Labute approximate surface area is 407 Å². The maximum absolute atomic E-state index is 13.8. The van der Waals surface area contributed by atoms with E-state index in [0.717, 1.165) is 38.1 Å². The van der Waals surface area contributed by atoms with Crippen molar-refractivity contribution in [1.82, 2.24) is 35.5 Å². The number of amides is 3. The molecule has 3 amide bonds. The zero-order chi connectivity index (χ0) is 50.4. The van der Waals surface area contributed by atoms with Gasteiger partial charge in [-0.3, -0.25) is 38.9 Å². The number of nitrogens with one attached hydrogen (secondary N) is 2. The molecule has 1 aromatic carbocycles. The van der Waals surface area contributed by atoms with Crippen molar-refractivity contribution in [2.75, 3.05) is 37.5 Å². The van der Waals surface area contributed by atoms with Crippen LogP contribution in [0.4, 0.5) is 19.3 Å². The highest BCUT2D eigenvalue weighted by atomic mass is 33.1. The number of benzene rings is 1. The maximum Gasteiger partial charge on any atom is 0.508 e. The van der Waals surface area contributed by atoms with Crippen LogP contribution in [0.3, 0.4) is 0 Å². The van der Waals surface area contributed by atoms with Gasteiger partial charge in [-0.2, -0.15) is 5.26 Å². The smallest absolute Gasteiger partial charge is 0.481 e. The number of carbonyl (C=O) groups excluding carboxylic acids is 5. The molecular weight excluding hydrogens is 953 g/mol. The highest BCUT2D eigenvalue weighted by molar-refractivity contribution is 8.76. The second-order valence-electron chi connectivity index (χ2n) is 15.9. The number of alkyl halides is 2. The predicted octanol–water partition coefficient (Wildman–Crippen LogP) is 6.01. The molecule has 1 aliphatic rings. The van der Waals surface area contributed by atoms with Crippen LogP contribution in [0.2, 0.25) is 0 Å². The zero-order valence-corrected chi connectivity index (χ0v) is 39.4. The Bertz CT molecular complexity index is 2780. The summed E-state index contributed by atoms with van der Waals surface area (Å²) in [4.78, 5) is 93.0. The number of halogens is 2. The number of carbonyl (C=O) groups is 6. The normalized spacial score (nSPS) is 14.7. The molecule has 366 valence electrons. The molecular formula is C47H47F2N9O10S2. The Morgan fingerprint density at radius 2 is 1.71 bits per heavy atom. The summed E-state index contributed by atoms with van der Waals surface area (Å²) in [6.07, 6.45) is 3.93. The number of methoxy groups -OCH3 is 1. The first-order valence-corrected chi connectivity index (χ1v) is 24.1. The molecule has 23 heteroatoms. The minimum absolute atomic E-state index is 0.0205. The second-order valence-corrected chi connectivity index (χ2v) is 18.5. The highest BCUT2D eigenvalue weighted by Crippen LogP contribution is 2.34. The molecule has 70 heavy (non-hydrogen) atoms. The number of aromatic nitrogens is 4. The van der Waals surface area contributed by atoms with E-state index in [1.807, 2.05) is 30.3 Å². The van der Waals surface area contributed by atoms with Crippen molar-refractivity contribution in [3.63, 3.8) is 0 Å². The molecule has 4 aromatic heterocycles. The van der Waals surface area contributed by atoms with E-state index in [1.54, 1.807) is 36.8 Å². The monoisotopic (exact) mass is 999 g/mol. The number of hydrogen-bond acceptors (Lipinski definition) is 17. The number of anilines is 1. The van der Waals surface area contributed by atoms with E-state index in [4.69, 9.17) is 19.9 Å². The van der Waals surface area contributed by atoms with E-state index in [1.165, 1.54) is 54.0 Å². The molecule has 0 saturated carbocycles. The Kier molecular flexibility index (Phi) is 18.0. The van der Waals surface area contributed by atoms with Crippen molar-refractivity contribution < 1.29 is 56.9 Å². The predicted molar refractivity (Wildman–Crippen MR) is 254 cm³/mol. The third-order valence-electron chi connectivity index (χ3n) is 10.8. The van der Waals surface area contributed by atoms with Crippen LogP contribution in [0.1, 0.15) is 54.4 Å².